The van der Waals surface area contributed by atoms with Gasteiger partial charge in [-0.15, -0.1) is 0 Å². The summed E-state index contributed by atoms with van der Waals surface area (Å²) >= 11 is 0. The zero-order valence-corrected chi connectivity index (χ0v) is 17.8. The molecular weight excluding hydrogens is 401 g/mol. The maximum absolute atomic E-state index is 14.4. The van der Waals surface area contributed by atoms with E-state index < -0.39 is 5.82 Å². The monoisotopic (exact) mass is 427 g/mol. The van der Waals surface area contributed by atoms with Gasteiger partial charge in [-0.1, -0.05) is 6.07 Å². The molecule has 0 radical (unpaired) electrons. The van der Waals surface area contributed by atoms with Crippen molar-refractivity contribution < 1.29 is 23.5 Å². The van der Waals surface area contributed by atoms with Crippen molar-refractivity contribution in [3.63, 3.8) is 0 Å². The van der Waals surface area contributed by atoms with Gasteiger partial charge in [0.1, 0.15) is 5.82 Å². The van der Waals surface area contributed by atoms with Crippen molar-refractivity contribution in [1.82, 2.24) is 9.80 Å². The van der Waals surface area contributed by atoms with Gasteiger partial charge in [0.05, 0.1) is 12.2 Å². The molecule has 7 nitrogen and oxygen atoms in total. The number of piperazine rings is 1. The van der Waals surface area contributed by atoms with Gasteiger partial charge < -0.3 is 19.3 Å². The number of fused-ring (bicyclic) bond motifs is 1. The van der Waals surface area contributed by atoms with Crippen molar-refractivity contribution in [2.45, 2.75) is 13.5 Å². The molecule has 2 heterocycles. The van der Waals surface area contributed by atoms with Gasteiger partial charge in [-0.25, -0.2) is 4.39 Å². The molecule has 2 aliphatic rings. The third-order valence-corrected chi connectivity index (χ3v) is 5.62. The zero-order valence-electron chi connectivity index (χ0n) is 17.8. The molecule has 0 saturated carbocycles. The SMILES string of the molecule is CC(=O)c1ccc(N2CCN(C(=O)CN(C)Cc3ccc4c(c3)OCO4)CC2)c(F)c1. The Kier molecular flexibility index (Phi) is 6.08. The summed E-state index contributed by atoms with van der Waals surface area (Å²) in [6.45, 7) is 4.75. The molecule has 0 atom stereocenters. The summed E-state index contributed by atoms with van der Waals surface area (Å²) in [7, 11) is 1.91. The first-order valence-electron chi connectivity index (χ1n) is 10.3. The molecule has 2 aliphatic heterocycles. The molecule has 0 spiro atoms. The van der Waals surface area contributed by atoms with Gasteiger partial charge in [-0.2, -0.15) is 0 Å². The second kappa shape index (κ2) is 8.93. The molecule has 0 N–H and O–H groups in total. The zero-order chi connectivity index (χ0) is 22.0. The van der Waals surface area contributed by atoms with Gasteiger partial charge in [0, 0.05) is 38.3 Å². The number of ether oxygens (including phenoxy) is 2. The Balaban J connectivity index is 1.28. The lowest BCUT2D eigenvalue weighted by Gasteiger charge is -2.37. The third kappa shape index (κ3) is 4.80. The summed E-state index contributed by atoms with van der Waals surface area (Å²) < 4.78 is 25.1. The van der Waals surface area contributed by atoms with Crippen molar-refractivity contribution in [2.24, 2.45) is 0 Å². The normalized spacial score (nSPS) is 15.5. The fraction of sp³-hybridized carbons (Fsp3) is 0.391. The fourth-order valence-electron chi connectivity index (χ4n) is 3.92. The first-order valence-corrected chi connectivity index (χ1v) is 10.3. The number of anilines is 1. The Labute approximate surface area is 180 Å². The van der Waals surface area contributed by atoms with Crippen LogP contribution in [0.2, 0.25) is 0 Å². The van der Waals surface area contributed by atoms with E-state index in [1.165, 1.54) is 13.0 Å². The Morgan fingerprint density at radius 1 is 1.03 bits per heavy atom. The molecule has 8 heteroatoms. The molecule has 1 amide bonds. The highest BCUT2D eigenvalue weighted by atomic mass is 19.1. The quantitative estimate of drug-likeness (QED) is 0.661. The van der Waals surface area contributed by atoms with E-state index in [1.807, 2.05) is 39.9 Å². The van der Waals surface area contributed by atoms with E-state index in [9.17, 15) is 14.0 Å². The number of halogens is 1. The molecule has 4 rings (SSSR count). The van der Waals surface area contributed by atoms with Gasteiger partial charge in [0.15, 0.2) is 17.3 Å². The predicted octanol–water partition coefficient (Wildman–Crippen LogP) is 2.54. The van der Waals surface area contributed by atoms with Crippen molar-refractivity contribution in [3.05, 3.63) is 53.3 Å². The van der Waals surface area contributed by atoms with E-state index in [-0.39, 0.29) is 18.5 Å². The number of nitrogens with zero attached hydrogens (tertiary/aromatic N) is 3. The molecule has 1 fully saturated rings. The van der Waals surface area contributed by atoms with Gasteiger partial charge >= 0.3 is 0 Å². The van der Waals surface area contributed by atoms with E-state index in [2.05, 4.69) is 0 Å². The van der Waals surface area contributed by atoms with Crippen LogP contribution in [0.1, 0.15) is 22.8 Å². The second-order valence-electron chi connectivity index (χ2n) is 7.95. The lowest BCUT2D eigenvalue weighted by atomic mass is 10.1. The number of Topliss-reactive ketones (excluding diaryl/α,β-unsaturated/α-hetero) is 1. The first kappa shape index (κ1) is 21.1. The smallest absolute Gasteiger partial charge is 0.236 e. The Morgan fingerprint density at radius 2 is 1.77 bits per heavy atom. The van der Waals surface area contributed by atoms with Crippen LogP contribution in [0.5, 0.6) is 11.5 Å². The Bertz CT molecular complexity index is 989. The molecule has 0 bridgehead atoms. The van der Waals surface area contributed by atoms with Crippen LogP contribution in [0.25, 0.3) is 0 Å². The topological polar surface area (TPSA) is 62.3 Å². The van der Waals surface area contributed by atoms with Crippen LogP contribution in [0.15, 0.2) is 36.4 Å². The van der Waals surface area contributed by atoms with Crippen LogP contribution in [0.4, 0.5) is 10.1 Å². The largest absolute Gasteiger partial charge is 0.454 e. The minimum absolute atomic E-state index is 0.0512. The van der Waals surface area contributed by atoms with E-state index in [4.69, 9.17) is 9.47 Å². The molecular formula is C23H26FN3O4. The second-order valence-corrected chi connectivity index (χ2v) is 7.95. The number of ketones is 1. The molecule has 2 aromatic rings. The number of likely N-dealkylation sites (N-methyl/N-ethyl adjacent to an activating group) is 1. The maximum atomic E-state index is 14.4. The van der Waals surface area contributed by atoms with Crippen LogP contribution >= 0.6 is 0 Å². The molecule has 1 saturated heterocycles. The average Bonchev–Trinajstić information content (AvgIpc) is 3.21. The summed E-state index contributed by atoms with van der Waals surface area (Å²) in [5.41, 5.74) is 1.88. The average molecular weight is 427 g/mol. The molecule has 0 aromatic heterocycles. The molecule has 2 aromatic carbocycles. The number of rotatable bonds is 6. The summed E-state index contributed by atoms with van der Waals surface area (Å²) in [5, 5.41) is 0. The molecule has 164 valence electrons. The van der Waals surface area contributed by atoms with Gasteiger partial charge in [0.2, 0.25) is 12.7 Å². The van der Waals surface area contributed by atoms with Gasteiger partial charge in [-0.3, -0.25) is 14.5 Å². The van der Waals surface area contributed by atoms with Crippen molar-refractivity contribution in [1.29, 1.82) is 0 Å². The molecule has 0 unspecified atom stereocenters. The van der Waals surface area contributed by atoms with Crippen LogP contribution in [0.3, 0.4) is 0 Å². The van der Waals surface area contributed by atoms with Crippen LogP contribution in [-0.2, 0) is 11.3 Å². The first-order chi connectivity index (χ1) is 14.9. The number of hydrogen-bond donors (Lipinski definition) is 0. The number of carbonyl (C=O) groups is 2. The Hall–Kier alpha value is -3.13. The van der Waals surface area contributed by atoms with Gasteiger partial charge in [0.25, 0.3) is 0 Å². The highest BCUT2D eigenvalue weighted by Crippen LogP contribution is 2.32. The van der Waals surface area contributed by atoms with E-state index in [0.717, 1.165) is 17.1 Å². The van der Waals surface area contributed by atoms with Crippen LogP contribution < -0.4 is 14.4 Å². The third-order valence-electron chi connectivity index (χ3n) is 5.62. The van der Waals surface area contributed by atoms with E-state index in [1.54, 1.807) is 12.1 Å². The number of hydrogen-bond acceptors (Lipinski definition) is 6. The van der Waals surface area contributed by atoms with Crippen LogP contribution in [0, 0.1) is 5.82 Å². The maximum Gasteiger partial charge on any atom is 0.236 e. The van der Waals surface area contributed by atoms with Gasteiger partial charge in [-0.05, 0) is 49.9 Å². The number of carbonyl (C=O) groups excluding carboxylic acids is 2. The molecule has 31 heavy (non-hydrogen) atoms. The van der Waals surface area contributed by atoms with Crippen LogP contribution in [-0.4, -0.2) is 68.1 Å². The van der Waals surface area contributed by atoms with E-state index >= 15 is 0 Å². The van der Waals surface area contributed by atoms with Crippen molar-refractivity contribution in [3.8, 4) is 11.5 Å². The summed E-state index contributed by atoms with van der Waals surface area (Å²) in [4.78, 5) is 29.8. The van der Waals surface area contributed by atoms with Crippen molar-refractivity contribution >= 4 is 17.4 Å². The minimum atomic E-state index is -0.407. The van der Waals surface area contributed by atoms with Crippen molar-refractivity contribution in [2.75, 3.05) is 51.5 Å². The summed E-state index contributed by atoms with van der Waals surface area (Å²) in [5.74, 6) is 0.960. The number of benzene rings is 2. The molecule has 0 aliphatic carbocycles. The Morgan fingerprint density at radius 3 is 2.48 bits per heavy atom. The van der Waals surface area contributed by atoms with E-state index in [0.29, 0.717) is 50.5 Å². The highest BCUT2D eigenvalue weighted by Gasteiger charge is 2.24. The lowest BCUT2D eigenvalue weighted by molar-refractivity contribution is -0.132. The fourth-order valence-corrected chi connectivity index (χ4v) is 3.92. The lowest BCUT2D eigenvalue weighted by Crippen LogP contribution is -2.51. The minimum Gasteiger partial charge on any atom is -0.454 e. The predicted molar refractivity (Wildman–Crippen MR) is 114 cm³/mol. The highest BCUT2D eigenvalue weighted by molar-refractivity contribution is 5.94. The number of amides is 1. The standard InChI is InChI=1S/C23H26FN3O4/c1-16(28)18-4-5-20(19(24)12-18)26-7-9-27(10-8-26)23(29)14-25(2)13-17-3-6-21-22(11-17)31-15-30-21/h3-6,11-12H,7-10,13-15H2,1-2H3. The summed E-state index contributed by atoms with van der Waals surface area (Å²) in [6.07, 6.45) is 0. The summed E-state index contributed by atoms with van der Waals surface area (Å²) in [6, 6.07) is 10.4.